The average Bonchev–Trinajstić information content (AvgIpc) is 3.16. The summed E-state index contributed by atoms with van der Waals surface area (Å²) in [6, 6.07) is 7.62. The summed E-state index contributed by atoms with van der Waals surface area (Å²) in [6.07, 6.45) is -4.12. The molecule has 1 heterocycles. The van der Waals surface area contributed by atoms with Crippen molar-refractivity contribution in [3.63, 3.8) is 0 Å². The summed E-state index contributed by atoms with van der Waals surface area (Å²) >= 11 is 0. The van der Waals surface area contributed by atoms with Gasteiger partial charge in [-0.05, 0) is 50.4 Å². The first kappa shape index (κ1) is 25.3. The molecule has 0 aliphatic carbocycles. The Morgan fingerprint density at radius 2 is 2.16 bits per heavy atom. The highest BCUT2D eigenvalue weighted by Gasteiger charge is 2.33. The molecule has 1 saturated heterocycles. The molecule has 1 aromatic rings. The van der Waals surface area contributed by atoms with E-state index < -0.39 is 18.8 Å². The number of alkyl halides is 3. The summed E-state index contributed by atoms with van der Waals surface area (Å²) < 4.78 is 43.8. The summed E-state index contributed by atoms with van der Waals surface area (Å²) in [5.74, 6) is 1.54. The van der Waals surface area contributed by atoms with Gasteiger partial charge in [-0.15, -0.1) is 0 Å². The predicted octanol–water partition coefficient (Wildman–Crippen LogP) is 2.91. The zero-order chi connectivity index (χ0) is 22.9. The Morgan fingerprint density at radius 1 is 1.39 bits per heavy atom. The molecule has 0 spiro atoms. The number of nitrogens with one attached hydrogen (secondary N) is 1. The van der Waals surface area contributed by atoms with Crippen molar-refractivity contribution in [1.82, 2.24) is 15.1 Å². The maximum Gasteiger partial charge on any atom is 0.401 e. The molecule has 1 aromatic carbocycles. The van der Waals surface area contributed by atoms with Crippen molar-refractivity contribution >= 4 is 5.96 Å². The van der Waals surface area contributed by atoms with Crippen LogP contribution in [0.4, 0.5) is 13.2 Å². The first-order valence-electron chi connectivity index (χ1n) is 10.9. The highest BCUT2D eigenvalue weighted by molar-refractivity contribution is 5.80. The van der Waals surface area contributed by atoms with E-state index in [4.69, 9.17) is 4.74 Å². The average molecular weight is 445 g/mol. The quantitative estimate of drug-likeness (QED) is 0.429. The molecule has 1 fully saturated rings. The number of aliphatic hydroxyl groups excluding tert-OH is 1. The maximum atomic E-state index is 12.7. The molecule has 0 amide bonds. The van der Waals surface area contributed by atoms with Gasteiger partial charge in [0.2, 0.25) is 0 Å². The van der Waals surface area contributed by atoms with Crippen LogP contribution in [0.15, 0.2) is 29.3 Å². The summed E-state index contributed by atoms with van der Waals surface area (Å²) in [6.45, 7) is 7.98. The minimum absolute atomic E-state index is 0.137. The number of nitrogens with zero attached hydrogens (tertiary/aromatic N) is 3. The van der Waals surface area contributed by atoms with Crippen LogP contribution >= 0.6 is 0 Å². The van der Waals surface area contributed by atoms with Gasteiger partial charge >= 0.3 is 6.18 Å². The second-order valence-electron chi connectivity index (χ2n) is 8.02. The zero-order valence-electron chi connectivity index (χ0n) is 18.7. The maximum absolute atomic E-state index is 12.7. The second kappa shape index (κ2) is 12.1. The highest BCUT2D eigenvalue weighted by atomic mass is 19.4. The SMILES string of the molecule is CCNC(=NCC(O)COc1cccc(C)c1)N1CCC(CN(CC)CC(F)(F)F)C1. The molecule has 0 bridgehead atoms. The van der Waals surface area contributed by atoms with E-state index in [9.17, 15) is 18.3 Å². The van der Waals surface area contributed by atoms with E-state index in [-0.39, 0.29) is 19.1 Å². The van der Waals surface area contributed by atoms with Crippen molar-refractivity contribution in [2.75, 3.05) is 52.4 Å². The van der Waals surface area contributed by atoms with E-state index in [2.05, 4.69) is 15.2 Å². The second-order valence-corrected chi connectivity index (χ2v) is 8.02. The molecule has 0 aromatic heterocycles. The van der Waals surface area contributed by atoms with Gasteiger partial charge in [0, 0.05) is 26.2 Å². The Hall–Kier alpha value is -2.00. The topological polar surface area (TPSA) is 60.3 Å². The Morgan fingerprint density at radius 3 is 2.81 bits per heavy atom. The third-order valence-corrected chi connectivity index (χ3v) is 5.17. The lowest BCUT2D eigenvalue weighted by Crippen LogP contribution is -2.42. The number of hydrogen-bond acceptors (Lipinski definition) is 4. The molecule has 0 radical (unpaired) electrons. The lowest BCUT2D eigenvalue weighted by atomic mass is 10.1. The first-order chi connectivity index (χ1) is 14.7. The molecule has 1 aliphatic rings. The number of likely N-dealkylation sites (tertiary alicyclic amines) is 1. The molecule has 2 atom stereocenters. The Balaban J connectivity index is 1.85. The minimum Gasteiger partial charge on any atom is -0.491 e. The number of aliphatic imine (C=N–C) groups is 1. The smallest absolute Gasteiger partial charge is 0.401 e. The Kier molecular flexibility index (Phi) is 9.90. The van der Waals surface area contributed by atoms with Gasteiger partial charge in [0.1, 0.15) is 18.5 Å². The third-order valence-electron chi connectivity index (χ3n) is 5.17. The van der Waals surface area contributed by atoms with Gasteiger partial charge < -0.3 is 20.1 Å². The van der Waals surface area contributed by atoms with Crippen molar-refractivity contribution in [1.29, 1.82) is 0 Å². The van der Waals surface area contributed by atoms with Crippen LogP contribution in [-0.4, -0.2) is 85.6 Å². The number of aryl methyl sites for hydroxylation is 1. The summed E-state index contributed by atoms with van der Waals surface area (Å²) in [7, 11) is 0. The minimum atomic E-state index is -4.18. The highest BCUT2D eigenvalue weighted by Crippen LogP contribution is 2.21. The van der Waals surface area contributed by atoms with Gasteiger partial charge in [0.05, 0.1) is 13.1 Å². The number of guanidine groups is 1. The summed E-state index contributed by atoms with van der Waals surface area (Å²) in [4.78, 5) is 8.03. The van der Waals surface area contributed by atoms with E-state index >= 15 is 0 Å². The van der Waals surface area contributed by atoms with Crippen molar-refractivity contribution in [2.24, 2.45) is 10.9 Å². The number of benzene rings is 1. The number of halogens is 3. The lowest BCUT2D eigenvalue weighted by Gasteiger charge is -2.26. The molecular formula is C22H35F3N4O2. The van der Waals surface area contributed by atoms with Gasteiger partial charge in [-0.1, -0.05) is 19.1 Å². The van der Waals surface area contributed by atoms with Crippen molar-refractivity contribution in [3.05, 3.63) is 29.8 Å². The molecule has 9 heteroatoms. The number of hydrogen-bond donors (Lipinski definition) is 2. The Labute approximate surface area is 183 Å². The summed E-state index contributed by atoms with van der Waals surface area (Å²) in [5.41, 5.74) is 1.08. The van der Waals surface area contributed by atoms with E-state index in [1.54, 1.807) is 6.92 Å². The molecule has 31 heavy (non-hydrogen) atoms. The van der Waals surface area contributed by atoms with Crippen molar-refractivity contribution in [3.8, 4) is 5.75 Å². The predicted molar refractivity (Wildman–Crippen MR) is 117 cm³/mol. The van der Waals surface area contributed by atoms with E-state index in [0.29, 0.717) is 37.9 Å². The van der Waals surface area contributed by atoms with Crippen LogP contribution < -0.4 is 10.1 Å². The molecule has 1 aliphatic heterocycles. The fourth-order valence-electron chi connectivity index (χ4n) is 3.67. The third kappa shape index (κ3) is 9.35. The number of ether oxygens (including phenoxy) is 1. The van der Waals surface area contributed by atoms with Crippen LogP contribution in [0, 0.1) is 12.8 Å². The standard InChI is InChI=1S/C22H35F3N4O2/c1-4-26-21(27-12-19(30)15-31-20-8-6-7-17(3)11-20)29-10-9-18(14-29)13-28(5-2)16-22(23,24)25/h6-8,11,18-19,30H,4-5,9-10,12-16H2,1-3H3,(H,26,27). The largest absolute Gasteiger partial charge is 0.491 e. The van der Waals surface area contributed by atoms with Crippen LogP contribution in [0.2, 0.25) is 0 Å². The van der Waals surface area contributed by atoms with Gasteiger partial charge in [-0.25, -0.2) is 0 Å². The van der Waals surface area contributed by atoms with E-state index in [1.165, 1.54) is 4.90 Å². The number of aliphatic hydroxyl groups is 1. The summed E-state index contributed by atoms with van der Waals surface area (Å²) in [5, 5.41) is 13.5. The Bertz CT molecular complexity index is 700. The van der Waals surface area contributed by atoms with Crippen LogP contribution in [0.3, 0.4) is 0 Å². The fourth-order valence-corrected chi connectivity index (χ4v) is 3.67. The molecule has 6 nitrogen and oxygen atoms in total. The van der Waals surface area contributed by atoms with Crippen LogP contribution in [-0.2, 0) is 0 Å². The van der Waals surface area contributed by atoms with E-state index in [0.717, 1.165) is 18.5 Å². The molecule has 0 saturated carbocycles. The van der Waals surface area contributed by atoms with Gasteiger partial charge in [-0.3, -0.25) is 9.89 Å². The molecular weight excluding hydrogens is 409 g/mol. The van der Waals surface area contributed by atoms with Crippen LogP contribution in [0.1, 0.15) is 25.8 Å². The zero-order valence-corrected chi connectivity index (χ0v) is 18.7. The van der Waals surface area contributed by atoms with Crippen LogP contribution in [0.25, 0.3) is 0 Å². The van der Waals surface area contributed by atoms with Crippen molar-refractivity contribution < 1.29 is 23.0 Å². The first-order valence-corrected chi connectivity index (χ1v) is 10.9. The van der Waals surface area contributed by atoms with Gasteiger partial charge in [0.25, 0.3) is 0 Å². The van der Waals surface area contributed by atoms with Crippen molar-refractivity contribution in [2.45, 2.75) is 39.5 Å². The van der Waals surface area contributed by atoms with Gasteiger partial charge in [0.15, 0.2) is 5.96 Å². The van der Waals surface area contributed by atoms with E-state index in [1.807, 2.05) is 38.1 Å². The molecule has 2 unspecified atom stereocenters. The fraction of sp³-hybridized carbons (Fsp3) is 0.682. The molecule has 2 N–H and O–H groups in total. The lowest BCUT2D eigenvalue weighted by molar-refractivity contribution is -0.146. The van der Waals surface area contributed by atoms with Gasteiger partial charge in [-0.2, -0.15) is 13.2 Å². The van der Waals surface area contributed by atoms with Crippen LogP contribution in [0.5, 0.6) is 5.75 Å². The molecule has 176 valence electrons. The molecule has 2 rings (SSSR count). The monoisotopic (exact) mass is 444 g/mol. The normalized spacial score (nSPS) is 18.5. The number of rotatable bonds is 10.